The van der Waals surface area contributed by atoms with Crippen LogP contribution in [0.25, 0.3) is 11.0 Å². The van der Waals surface area contributed by atoms with Gasteiger partial charge in [-0.1, -0.05) is 25.5 Å². The van der Waals surface area contributed by atoms with Gasteiger partial charge in [-0.3, -0.25) is 5.10 Å². The Kier molecular flexibility index (Phi) is 3.68. The number of aromatic amines is 1. The molecule has 0 radical (unpaired) electrons. The van der Waals surface area contributed by atoms with Crippen molar-refractivity contribution >= 4 is 28.5 Å². The van der Waals surface area contributed by atoms with Gasteiger partial charge in [0.05, 0.1) is 11.6 Å². The number of nitrogens with two attached hydrogens (primary N) is 1. The standard InChI is InChI=1S/C15H18N6/c1-2-3-4-10-5-7-11(8-6-10)18-13-12-9-17-21-14(12)20-15(16)19-13/h5-9H,2-4H2,1H3,(H4,16,17,18,19,20,21). The number of aryl methyl sites for hydroxylation is 1. The second-order valence-electron chi connectivity index (χ2n) is 4.99. The van der Waals surface area contributed by atoms with Gasteiger partial charge in [0.25, 0.3) is 0 Å². The highest BCUT2D eigenvalue weighted by molar-refractivity contribution is 5.88. The van der Waals surface area contributed by atoms with Crippen LogP contribution >= 0.6 is 0 Å². The highest BCUT2D eigenvalue weighted by atomic mass is 15.2. The summed E-state index contributed by atoms with van der Waals surface area (Å²) < 4.78 is 0. The SMILES string of the molecule is CCCCc1ccc(Nc2nc(N)nc3[nH]ncc23)cc1. The molecule has 0 aliphatic rings. The number of nitrogen functional groups attached to an aromatic ring is 1. The Balaban J connectivity index is 1.83. The molecule has 1 aromatic carbocycles. The summed E-state index contributed by atoms with van der Waals surface area (Å²) in [6, 6.07) is 8.37. The van der Waals surface area contributed by atoms with E-state index in [-0.39, 0.29) is 5.95 Å². The molecule has 6 nitrogen and oxygen atoms in total. The summed E-state index contributed by atoms with van der Waals surface area (Å²) >= 11 is 0. The normalized spacial score (nSPS) is 10.9. The smallest absolute Gasteiger partial charge is 0.224 e. The molecular weight excluding hydrogens is 264 g/mol. The Morgan fingerprint density at radius 3 is 2.76 bits per heavy atom. The first-order valence-corrected chi connectivity index (χ1v) is 7.09. The number of hydrogen-bond donors (Lipinski definition) is 3. The molecule has 0 bridgehead atoms. The molecular formula is C15H18N6. The van der Waals surface area contributed by atoms with E-state index in [0.717, 1.165) is 17.5 Å². The molecule has 0 saturated carbocycles. The molecule has 2 heterocycles. The predicted octanol–water partition coefficient (Wildman–Crippen LogP) is 3.02. The van der Waals surface area contributed by atoms with Crippen molar-refractivity contribution < 1.29 is 0 Å². The lowest BCUT2D eigenvalue weighted by atomic mass is 10.1. The Hall–Kier alpha value is -2.63. The first-order valence-electron chi connectivity index (χ1n) is 7.09. The number of aromatic nitrogens is 4. The highest BCUT2D eigenvalue weighted by Gasteiger charge is 2.08. The lowest BCUT2D eigenvalue weighted by molar-refractivity contribution is 0.795. The molecule has 0 saturated heterocycles. The van der Waals surface area contributed by atoms with Crippen LogP contribution in [0.3, 0.4) is 0 Å². The molecule has 6 heteroatoms. The van der Waals surface area contributed by atoms with E-state index in [9.17, 15) is 0 Å². The van der Waals surface area contributed by atoms with Crippen LogP contribution in [0.1, 0.15) is 25.3 Å². The van der Waals surface area contributed by atoms with Crippen molar-refractivity contribution in [1.82, 2.24) is 20.2 Å². The molecule has 0 spiro atoms. The Morgan fingerprint density at radius 2 is 2.00 bits per heavy atom. The second kappa shape index (κ2) is 5.78. The maximum Gasteiger partial charge on any atom is 0.224 e. The summed E-state index contributed by atoms with van der Waals surface area (Å²) in [5.41, 5.74) is 8.65. The molecule has 4 N–H and O–H groups in total. The van der Waals surface area contributed by atoms with Crippen molar-refractivity contribution in [1.29, 1.82) is 0 Å². The first kappa shape index (κ1) is 13.4. The van der Waals surface area contributed by atoms with E-state index in [0.29, 0.717) is 11.5 Å². The zero-order valence-electron chi connectivity index (χ0n) is 11.9. The van der Waals surface area contributed by atoms with Crippen molar-refractivity contribution in [2.24, 2.45) is 0 Å². The highest BCUT2D eigenvalue weighted by Crippen LogP contribution is 2.23. The van der Waals surface area contributed by atoms with E-state index in [1.54, 1.807) is 6.20 Å². The lowest BCUT2D eigenvalue weighted by Crippen LogP contribution is -2.00. The van der Waals surface area contributed by atoms with Crippen LogP contribution in [-0.2, 0) is 6.42 Å². The van der Waals surface area contributed by atoms with Crippen LogP contribution in [0.2, 0.25) is 0 Å². The number of nitrogens with zero attached hydrogens (tertiary/aromatic N) is 3. The van der Waals surface area contributed by atoms with Crippen LogP contribution in [0, 0.1) is 0 Å². The van der Waals surface area contributed by atoms with Crippen molar-refractivity contribution in [3.8, 4) is 0 Å². The zero-order chi connectivity index (χ0) is 14.7. The second-order valence-corrected chi connectivity index (χ2v) is 4.99. The van der Waals surface area contributed by atoms with Gasteiger partial charge in [-0.05, 0) is 30.5 Å². The van der Waals surface area contributed by atoms with Gasteiger partial charge in [0.15, 0.2) is 5.65 Å². The fourth-order valence-electron chi connectivity index (χ4n) is 2.22. The first-order chi connectivity index (χ1) is 10.3. The number of benzene rings is 1. The van der Waals surface area contributed by atoms with Gasteiger partial charge in [0.1, 0.15) is 5.82 Å². The number of unbranched alkanes of at least 4 members (excludes halogenated alkanes) is 1. The molecule has 108 valence electrons. The number of fused-ring (bicyclic) bond motifs is 1. The Bertz CT molecular complexity index is 732. The van der Waals surface area contributed by atoms with Crippen molar-refractivity contribution in [3.63, 3.8) is 0 Å². The maximum atomic E-state index is 5.71. The third kappa shape index (κ3) is 2.94. The third-order valence-corrected chi connectivity index (χ3v) is 3.36. The summed E-state index contributed by atoms with van der Waals surface area (Å²) in [4.78, 5) is 8.33. The molecule has 0 fully saturated rings. The average molecular weight is 282 g/mol. The van der Waals surface area contributed by atoms with E-state index in [1.807, 2.05) is 0 Å². The number of rotatable bonds is 5. The molecule has 0 aliphatic carbocycles. The summed E-state index contributed by atoms with van der Waals surface area (Å²) in [5, 5.41) is 10.9. The van der Waals surface area contributed by atoms with Crippen LogP contribution in [0.5, 0.6) is 0 Å². The van der Waals surface area contributed by atoms with Crippen LogP contribution in [0.4, 0.5) is 17.5 Å². The van der Waals surface area contributed by atoms with E-state index in [1.165, 1.54) is 18.4 Å². The van der Waals surface area contributed by atoms with Gasteiger partial charge < -0.3 is 11.1 Å². The topological polar surface area (TPSA) is 92.5 Å². The summed E-state index contributed by atoms with van der Waals surface area (Å²) in [6.07, 6.45) is 5.22. The number of hydrogen-bond acceptors (Lipinski definition) is 5. The molecule has 0 aliphatic heterocycles. The van der Waals surface area contributed by atoms with Crippen molar-refractivity contribution in [3.05, 3.63) is 36.0 Å². The summed E-state index contributed by atoms with van der Waals surface area (Å²) in [6.45, 7) is 2.20. The molecule has 3 aromatic rings. The number of nitrogens with one attached hydrogen (secondary N) is 2. The molecule has 21 heavy (non-hydrogen) atoms. The van der Waals surface area contributed by atoms with E-state index >= 15 is 0 Å². The quantitative estimate of drug-likeness (QED) is 0.669. The Labute approximate surface area is 122 Å². The van der Waals surface area contributed by atoms with Gasteiger partial charge in [-0.2, -0.15) is 15.1 Å². The van der Waals surface area contributed by atoms with Gasteiger partial charge in [-0.25, -0.2) is 0 Å². The number of anilines is 3. The van der Waals surface area contributed by atoms with Crippen LogP contribution in [0.15, 0.2) is 30.5 Å². The lowest BCUT2D eigenvalue weighted by Gasteiger charge is -2.08. The van der Waals surface area contributed by atoms with Crippen molar-refractivity contribution in [2.45, 2.75) is 26.2 Å². The predicted molar refractivity (Wildman–Crippen MR) is 84.4 cm³/mol. The van der Waals surface area contributed by atoms with E-state index < -0.39 is 0 Å². The van der Waals surface area contributed by atoms with E-state index in [2.05, 4.69) is 56.7 Å². The maximum absolute atomic E-state index is 5.71. The van der Waals surface area contributed by atoms with Gasteiger partial charge >= 0.3 is 0 Å². The monoisotopic (exact) mass is 282 g/mol. The minimum Gasteiger partial charge on any atom is -0.368 e. The van der Waals surface area contributed by atoms with Crippen LogP contribution in [-0.4, -0.2) is 20.2 Å². The van der Waals surface area contributed by atoms with Gasteiger partial charge in [0, 0.05) is 5.69 Å². The van der Waals surface area contributed by atoms with Crippen LogP contribution < -0.4 is 11.1 Å². The largest absolute Gasteiger partial charge is 0.368 e. The summed E-state index contributed by atoms with van der Waals surface area (Å²) in [5.74, 6) is 0.876. The van der Waals surface area contributed by atoms with E-state index in [4.69, 9.17) is 5.73 Å². The Morgan fingerprint density at radius 1 is 1.19 bits per heavy atom. The fourth-order valence-corrected chi connectivity index (χ4v) is 2.22. The fraction of sp³-hybridized carbons (Fsp3) is 0.267. The van der Waals surface area contributed by atoms with Gasteiger partial charge in [-0.15, -0.1) is 0 Å². The van der Waals surface area contributed by atoms with Crippen molar-refractivity contribution in [2.75, 3.05) is 11.1 Å². The zero-order valence-corrected chi connectivity index (χ0v) is 11.9. The summed E-state index contributed by atoms with van der Waals surface area (Å²) in [7, 11) is 0. The minimum absolute atomic E-state index is 0.216. The third-order valence-electron chi connectivity index (χ3n) is 3.36. The molecule has 0 amide bonds. The molecule has 3 rings (SSSR count). The molecule has 0 unspecified atom stereocenters. The average Bonchev–Trinajstić information content (AvgIpc) is 2.95. The molecule has 0 atom stereocenters. The van der Waals surface area contributed by atoms with Gasteiger partial charge in [0.2, 0.25) is 5.95 Å². The molecule has 2 aromatic heterocycles. The minimum atomic E-state index is 0.216. The number of H-pyrrole nitrogens is 1.